The number of hydrogen-bond acceptors (Lipinski definition) is 3. The molecule has 142 valence electrons. The van der Waals surface area contributed by atoms with Crippen molar-refractivity contribution in [2.24, 2.45) is 5.41 Å². The summed E-state index contributed by atoms with van der Waals surface area (Å²) in [6.07, 6.45) is 2.43. The van der Waals surface area contributed by atoms with Crippen LogP contribution in [0.4, 0.5) is 4.39 Å². The standard InChI is InChI=1S/C21H22FNO4/c1-27-18-12-15(19(24)25)7-6-14(18)8-11-23-20(26)21(9-10-21)13-16-4-2-3-5-17(16)22/h2-7,12H,8-11,13H2,1H3,(H,23,26)(H,24,25). The van der Waals surface area contributed by atoms with Crippen molar-refractivity contribution in [3.05, 3.63) is 65.0 Å². The van der Waals surface area contributed by atoms with Gasteiger partial charge in [-0.05, 0) is 55.0 Å². The minimum atomic E-state index is -1.02. The molecule has 1 aliphatic rings. The summed E-state index contributed by atoms with van der Waals surface area (Å²) >= 11 is 0. The van der Waals surface area contributed by atoms with Crippen LogP contribution in [0.15, 0.2) is 42.5 Å². The Bertz CT molecular complexity index is 861. The van der Waals surface area contributed by atoms with Crippen molar-refractivity contribution >= 4 is 11.9 Å². The van der Waals surface area contributed by atoms with E-state index in [0.29, 0.717) is 30.7 Å². The average molecular weight is 371 g/mol. The van der Waals surface area contributed by atoms with Crippen LogP contribution >= 0.6 is 0 Å². The minimum Gasteiger partial charge on any atom is -0.496 e. The largest absolute Gasteiger partial charge is 0.496 e. The Morgan fingerprint density at radius 3 is 2.56 bits per heavy atom. The molecule has 0 heterocycles. The molecule has 3 rings (SSSR count). The monoisotopic (exact) mass is 371 g/mol. The molecule has 0 saturated heterocycles. The molecule has 0 atom stereocenters. The van der Waals surface area contributed by atoms with Crippen molar-refractivity contribution in [1.29, 1.82) is 0 Å². The van der Waals surface area contributed by atoms with Gasteiger partial charge in [0, 0.05) is 6.54 Å². The van der Waals surface area contributed by atoms with E-state index in [4.69, 9.17) is 9.84 Å². The maximum Gasteiger partial charge on any atom is 0.335 e. The van der Waals surface area contributed by atoms with Gasteiger partial charge in [0.2, 0.25) is 5.91 Å². The van der Waals surface area contributed by atoms with Crippen LogP contribution in [0.2, 0.25) is 0 Å². The summed E-state index contributed by atoms with van der Waals surface area (Å²) in [7, 11) is 1.48. The summed E-state index contributed by atoms with van der Waals surface area (Å²) in [5.74, 6) is -0.875. The van der Waals surface area contributed by atoms with Gasteiger partial charge in [-0.1, -0.05) is 24.3 Å². The number of nitrogens with one attached hydrogen (secondary N) is 1. The van der Waals surface area contributed by atoms with E-state index in [9.17, 15) is 14.0 Å². The molecule has 27 heavy (non-hydrogen) atoms. The lowest BCUT2D eigenvalue weighted by molar-refractivity contribution is -0.126. The van der Waals surface area contributed by atoms with Gasteiger partial charge in [0.05, 0.1) is 18.1 Å². The Balaban J connectivity index is 1.58. The third-order valence-corrected chi connectivity index (χ3v) is 5.04. The summed E-state index contributed by atoms with van der Waals surface area (Å²) in [5.41, 5.74) is 1.03. The van der Waals surface area contributed by atoms with E-state index in [-0.39, 0.29) is 17.3 Å². The van der Waals surface area contributed by atoms with Gasteiger partial charge in [-0.2, -0.15) is 0 Å². The molecule has 6 heteroatoms. The van der Waals surface area contributed by atoms with Crippen LogP contribution in [0.3, 0.4) is 0 Å². The highest BCUT2D eigenvalue weighted by Crippen LogP contribution is 2.48. The van der Waals surface area contributed by atoms with Crippen LogP contribution in [-0.2, 0) is 17.6 Å². The lowest BCUT2D eigenvalue weighted by atomic mass is 9.95. The van der Waals surface area contributed by atoms with Crippen LogP contribution in [-0.4, -0.2) is 30.6 Å². The summed E-state index contributed by atoms with van der Waals surface area (Å²) < 4.78 is 19.1. The van der Waals surface area contributed by atoms with Gasteiger partial charge in [-0.3, -0.25) is 4.79 Å². The lowest BCUT2D eigenvalue weighted by Crippen LogP contribution is -2.34. The molecule has 2 aromatic carbocycles. The van der Waals surface area contributed by atoms with Gasteiger partial charge < -0.3 is 15.2 Å². The fourth-order valence-corrected chi connectivity index (χ4v) is 3.22. The molecule has 5 nitrogen and oxygen atoms in total. The van der Waals surface area contributed by atoms with Crippen LogP contribution in [0.25, 0.3) is 0 Å². The zero-order valence-electron chi connectivity index (χ0n) is 15.1. The van der Waals surface area contributed by atoms with E-state index in [1.165, 1.54) is 25.3 Å². The van der Waals surface area contributed by atoms with Gasteiger partial charge in [0.1, 0.15) is 11.6 Å². The maximum atomic E-state index is 13.9. The number of amides is 1. The molecule has 1 amide bonds. The highest BCUT2D eigenvalue weighted by atomic mass is 19.1. The topological polar surface area (TPSA) is 75.6 Å². The number of ether oxygens (including phenoxy) is 1. The molecular formula is C21H22FNO4. The Labute approximate surface area is 157 Å². The van der Waals surface area contributed by atoms with Crippen molar-refractivity contribution in [3.8, 4) is 5.75 Å². The summed E-state index contributed by atoms with van der Waals surface area (Å²) in [4.78, 5) is 23.6. The summed E-state index contributed by atoms with van der Waals surface area (Å²) in [6, 6.07) is 11.2. The number of aromatic carboxylic acids is 1. The second kappa shape index (κ2) is 7.78. The van der Waals surface area contributed by atoms with Crippen molar-refractivity contribution < 1.29 is 23.8 Å². The van der Waals surface area contributed by atoms with Crippen molar-refractivity contribution in [3.63, 3.8) is 0 Å². The smallest absolute Gasteiger partial charge is 0.335 e. The van der Waals surface area contributed by atoms with Crippen molar-refractivity contribution in [2.45, 2.75) is 25.7 Å². The fourth-order valence-electron chi connectivity index (χ4n) is 3.22. The molecular weight excluding hydrogens is 349 g/mol. The number of carboxylic acids is 1. The first-order chi connectivity index (χ1) is 12.9. The predicted molar refractivity (Wildman–Crippen MR) is 98.4 cm³/mol. The zero-order chi connectivity index (χ0) is 19.4. The number of rotatable bonds is 8. The second-order valence-electron chi connectivity index (χ2n) is 6.89. The SMILES string of the molecule is COc1cc(C(=O)O)ccc1CCNC(=O)C1(Cc2ccccc2F)CC1. The number of benzene rings is 2. The number of carboxylic acid groups (broad SMARTS) is 1. The second-order valence-corrected chi connectivity index (χ2v) is 6.89. The van der Waals surface area contributed by atoms with Gasteiger partial charge in [0.15, 0.2) is 0 Å². The van der Waals surface area contributed by atoms with E-state index < -0.39 is 11.4 Å². The molecule has 0 unspecified atom stereocenters. The van der Waals surface area contributed by atoms with E-state index in [0.717, 1.165) is 18.4 Å². The molecule has 1 fully saturated rings. The number of carbonyl (C=O) groups is 2. The maximum absolute atomic E-state index is 13.9. The first-order valence-electron chi connectivity index (χ1n) is 8.87. The quantitative estimate of drug-likeness (QED) is 0.747. The van der Waals surface area contributed by atoms with E-state index in [1.54, 1.807) is 24.3 Å². The molecule has 2 aromatic rings. The Kier molecular flexibility index (Phi) is 5.44. The molecule has 0 radical (unpaired) electrons. The molecule has 0 aliphatic heterocycles. The first kappa shape index (κ1) is 18.9. The molecule has 0 spiro atoms. The molecule has 0 bridgehead atoms. The minimum absolute atomic E-state index is 0.0631. The lowest BCUT2D eigenvalue weighted by Gasteiger charge is -2.16. The van der Waals surface area contributed by atoms with Gasteiger partial charge in [0.25, 0.3) is 0 Å². The third kappa shape index (κ3) is 4.27. The van der Waals surface area contributed by atoms with Gasteiger partial charge in [-0.25, -0.2) is 9.18 Å². The van der Waals surface area contributed by atoms with Crippen molar-refractivity contribution in [2.75, 3.05) is 13.7 Å². The Hall–Kier alpha value is -2.89. The van der Waals surface area contributed by atoms with E-state index >= 15 is 0 Å². The number of halogens is 1. The third-order valence-electron chi connectivity index (χ3n) is 5.04. The van der Waals surface area contributed by atoms with E-state index in [2.05, 4.69) is 5.32 Å². The normalized spacial score (nSPS) is 14.4. The number of carbonyl (C=O) groups excluding carboxylic acids is 1. The predicted octanol–water partition coefficient (Wildman–Crippen LogP) is 3.21. The average Bonchev–Trinajstić information content (AvgIpc) is 3.44. The van der Waals surface area contributed by atoms with Crippen LogP contribution in [0.1, 0.15) is 34.3 Å². The van der Waals surface area contributed by atoms with Gasteiger partial charge >= 0.3 is 5.97 Å². The summed E-state index contributed by atoms with van der Waals surface area (Å²) in [5, 5.41) is 12.0. The Morgan fingerprint density at radius 1 is 1.19 bits per heavy atom. The first-order valence-corrected chi connectivity index (χ1v) is 8.87. The van der Waals surface area contributed by atoms with E-state index in [1.807, 2.05) is 0 Å². The van der Waals surface area contributed by atoms with Crippen molar-refractivity contribution in [1.82, 2.24) is 5.32 Å². The molecule has 1 saturated carbocycles. The van der Waals surface area contributed by atoms with Gasteiger partial charge in [-0.15, -0.1) is 0 Å². The van der Waals surface area contributed by atoms with Crippen LogP contribution in [0, 0.1) is 11.2 Å². The summed E-state index contributed by atoms with van der Waals surface area (Å²) in [6.45, 7) is 0.403. The molecule has 0 aromatic heterocycles. The highest BCUT2D eigenvalue weighted by molar-refractivity contribution is 5.88. The highest BCUT2D eigenvalue weighted by Gasteiger charge is 2.49. The number of hydrogen-bond donors (Lipinski definition) is 2. The van der Waals surface area contributed by atoms with Crippen LogP contribution < -0.4 is 10.1 Å². The molecule has 1 aliphatic carbocycles. The zero-order valence-corrected chi connectivity index (χ0v) is 15.1. The Morgan fingerprint density at radius 2 is 1.93 bits per heavy atom. The molecule has 2 N–H and O–H groups in total. The fraction of sp³-hybridized carbons (Fsp3) is 0.333. The number of methoxy groups -OCH3 is 1. The van der Waals surface area contributed by atoms with Crippen LogP contribution in [0.5, 0.6) is 5.75 Å².